The molecule has 0 fully saturated rings. The van der Waals surface area contributed by atoms with E-state index in [1.807, 2.05) is 43.3 Å². The van der Waals surface area contributed by atoms with E-state index in [-0.39, 0.29) is 5.91 Å². The van der Waals surface area contributed by atoms with E-state index in [0.29, 0.717) is 16.8 Å². The molecule has 0 radical (unpaired) electrons. The summed E-state index contributed by atoms with van der Waals surface area (Å²) < 4.78 is 1.80. The third kappa shape index (κ3) is 2.38. The van der Waals surface area contributed by atoms with Crippen LogP contribution in [0.15, 0.2) is 54.7 Å². The zero-order valence-electron chi connectivity index (χ0n) is 13.1. The van der Waals surface area contributed by atoms with Crippen molar-refractivity contribution in [2.75, 3.05) is 5.32 Å². The van der Waals surface area contributed by atoms with E-state index in [1.54, 1.807) is 23.0 Å². The Hall–Kier alpha value is -3.28. The number of aromatic nitrogens is 4. The van der Waals surface area contributed by atoms with Crippen molar-refractivity contribution in [2.45, 2.75) is 13.5 Å². The maximum atomic E-state index is 12.6. The number of rotatable bonds is 3. The first kappa shape index (κ1) is 14.3. The van der Waals surface area contributed by atoms with Crippen LogP contribution >= 0.6 is 0 Å². The number of pyridine rings is 1. The second-order valence-electron chi connectivity index (χ2n) is 5.44. The minimum absolute atomic E-state index is 0.193. The summed E-state index contributed by atoms with van der Waals surface area (Å²) in [6.07, 6.45) is 1.72. The van der Waals surface area contributed by atoms with E-state index in [9.17, 15) is 4.79 Å². The summed E-state index contributed by atoms with van der Waals surface area (Å²) >= 11 is 0. The molecule has 6 nitrogen and oxygen atoms in total. The second kappa shape index (κ2) is 5.73. The van der Waals surface area contributed by atoms with Gasteiger partial charge in [-0.25, -0.2) is 4.68 Å². The van der Waals surface area contributed by atoms with E-state index in [1.165, 1.54) is 0 Å². The van der Waals surface area contributed by atoms with Crippen molar-refractivity contribution >= 4 is 33.5 Å². The van der Waals surface area contributed by atoms with Crippen LogP contribution in [0.5, 0.6) is 0 Å². The molecule has 0 bridgehead atoms. The van der Waals surface area contributed by atoms with Gasteiger partial charge in [0.15, 0.2) is 0 Å². The summed E-state index contributed by atoms with van der Waals surface area (Å²) in [5.41, 5.74) is 3.63. The number of amides is 1. The lowest BCUT2D eigenvalue weighted by Gasteiger charge is -2.08. The first-order valence-corrected chi connectivity index (χ1v) is 7.74. The Balaban J connectivity index is 1.68. The summed E-state index contributed by atoms with van der Waals surface area (Å²) in [4.78, 5) is 16.9. The number of aryl methyl sites for hydroxylation is 1. The molecule has 4 aromatic rings. The highest BCUT2D eigenvalue weighted by Gasteiger charge is 2.11. The molecule has 6 heteroatoms. The molecule has 118 valence electrons. The molecule has 0 spiro atoms. The van der Waals surface area contributed by atoms with Crippen molar-refractivity contribution in [2.24, 2.45) is 0 Å². The Labute approximate surface area is 138 Å². The monoisotopic (exact) mass is 317 g/mol. The smallest absolute Gasteiger partial charge is 0.255 e. The number of fused-ring (bicyclic) bond motifs is 2. The highest BCUT2D eigenvalue weighted by Crippen LogP contribution is 2.22. The van der Waals surface area contributed by atoms with Gasteiger partial charge in [0.05, 0.1) is 16.7 Å². The fraction of sp³-hybridized carbons (Fsp3) is 0.111. The van der Waals surface area contributed by atoms with Crippen LogP contribution in [0.2, 0.25) is 0 Å². The maximum Gasteiger partial charge on any atom is 0.255 e. The third-order valence-electron chi connectivity index (χ3n) is 3.96. The first-order valence-electron chi connectivity index (χ1n) is 7.74. The molecule has 0 saturated carbocycles. The lowest BCUT2D eigenvalue weighted by molar-refractivity contribution is 0.102. The largest absolute Gasteiger partial charge is 0.320 e. The minimum atomic E-state index is -0.193. The number of carbonyl (C=O) groups is 1. The van der Waals surface area contributed by atoms with Crippen molar-refractivity contribution in [3.05, 3.63) is 60.3 Å². The van der Waals surface area contributed by atoms with Gasteiger partial charge in [0.1, 0.15) is 5.52 Å². The van der Waals surface area contributed by atoms with Crippen molar-refractivity contribution < 1.29 is 4.79 Å². The number of hydrogen-bond acceptors (Lipinski definition) is 4. The first-order chi connectivity index (χ1) is 11.8. The lowest BCUT2D eigenvalue weighted by Crippen LogP contribution is -2.12. The van der Waals surface area contributed by atoms with Crippen molar-refractivity contribution in [3.63, 3.8) is 0 Å². The van der Waals surface area contributed by atoms with E-state index >= 15 is 0 Å². The average molecular weight is 317 g/mol. The standard InChI is InChI=1S/C18H15N5O/c1-2-23-16-9-8-13(11-15(16)21-22-23)18(24)20-14-7-3-5-12-6-4-10-19-17(12)14/h3-11H,2H2,1H3,(H,20,24). The molecule has 4 rings (SSSR count). The molecule has 1 amide bonds. The van der Waals surface area contributed by atoms with Crippen LogP contribution in [0.1, 0.15) is 17.3 Å². The number of nitrogens with zero attached hydrogens (tertiary/aromatic N) is 4. The lowest BCUT2D eigenvalue weighted by atomic mass is 10.1. The van der Waals surface area contributed by atoms with Gasteiger partial charge in [0.25, 0.3) is 5.91 Å². The SMILES string of the molecule is CCn1nnc2cc(C(=O)Nc3cccc4cccnc34)ccc21. The minimum Gasteiger partial charge on any atom is -0.320 e. The molecule has 0 aliphatic heterocycles. The molecule has 2 heterocycles. The van der Waals surface area contributed by atoms with Gasteiger partial charge < -0.3 is 5.32 Å². The highest BCUT2D eigenvalue weighted by atomic mass is 16.1. The highest BCUT2D eigenvalue weighted by molar-refractivity contribution is 6.09. The average Bonchev–Trinajstić information content (AvgIpc) is 3.04. The van der Waals surface area contributed by atoms with Crippen LogP contribution in [-0.4, -0.2) is 25.9 Å². The fourth-order valence-corrected chi connectivity index (χ4v) is 2.75. The Bertz CT molecular complexity index is 1050. The quantitative estimate of drug-likeness (QED) is 0.629. The Kier molecular flexibility index (Phi) is 3.42. The Morgan fingerprint density at radius 2 is 2.04 bits per heavy atom. The maximum absolute atomic E-state index is 12.6. The molecule has 0 unspecified atom stereocenters. The Morgan fingerprint density at radius 1 is 1.17 bits per heavy atom. The van der Waals surface area contributed by atoms with Gasteiger partial charge in [-0.3, -0.25) is 9.78 Å². The van der Waals surface area contributed by atoms with Gasteiger partial charge in [0, 0.05) is 23.7 Å². The molecule has 0 aliphatic rings. The van der Waals surface area contributed by atoms with E-state index in [4.69, 9.17) is 0 Å². The van der Waals surface area contributed by atoms with Crippen LogP contribution in [0.4, 0.5) is 5.69 Å². The molecular formula is C18H15N5O. The number of anilines is 1. The van der Waals surface area contributed by atoms with Crippen molar-refractivity contribution in [1.29, 1.82) is 0 Å². The molecule has 0 atom stereocenters. The van der Waals surface area contributed by atoms with Gasteiger partial charge in [-0.15, -0.1) is 5.10 Å². The zero-order valence-corrected chi connectivity index (χ0v) is 13.1. The van der Waals surface area contributed by atoms with Crippen LogP contribution in [0, 0.1) is 0 Å². The topological polar surface area (TPSA) is 72.7 Å². The van der Waals surface area contributed by atoms with Crippen molar-refractivity contribution in [1.82, 2.24) is 20.0 Å². The van der Waals surface area contributed by atoms with E-state index in [2.05, 4.69) is 20.6 Å². The number of carbonyl (C=O) groups excluding carboxylic acids is 1. The number of nitrogens with one attached hydrogen (secondary N) is 1. The van der Waals surface area contributed by atoms with E-state index < -0.39 is 0 Å². The van der Waals surface area contributed by atoms with Gasteiger partial charge in [-0.1, -0.05) is 23.4 Å². The molecular weight excluding hydrogens is 302 g/mol. The summed E-state index contributed by atoms with van der Waals surface area (Å²) in [5, 5.41) is 12.1. The zero-order chi connectivity index (χ0) is 16.5. The van der Waals surface area contributed by atoms with Gasteiger partial charge in [-0.2, -0.15) is 0 Å². The summed E-state index contributed by atoms with van der Waals surface area (Å²) in [5.74, 6) is -0.193. The summed E-state index contributed by atoms with van der Waals surface area (Å²) in [6.45, 7) is 2.74. The summed E-state index contributed by atoms with van der Waals surface area (Å²) in [6, 6.07) is 15.0. The molecule has 2 aromatic carbocycles. The number of para-hydroxylation sites is 1. The predicted molar refractivity (Wildman–Crippen MR) is 92.9 cm³/mol. The molecule has 1 N–H and O–H groups in total. The molecule has 0 aliphatic carbocycles. The normalized spacial score (nSPS) is 11.0. The van der Waals surface area contributed by atoms with Crippen LogP contribution < -0.4 is 5.32 Å². The predicted octanol–water partition coefficient (Wildman–Crippen LogP) is 3.25. The van der Waals surface area contributed by atoms with Gasteiger partial charge in [-0.05, 0) is 37.3 Å². The molecule has 24 heavy (non-hydrogen) atoms. The number of benzene rings is 2. The van der Waals surface area contributed by atoms with Gasteiger partial charge >= 0.3 is 0 Å². The van der Waals surface area contributed by atoms with Gasteiger partial charge in [0.2, 0.25) is 0 Å². The van der Waals surface area contributed by atoms with Crippen LogP contribution in [0.3, 0.4) is 0 Å². The molecule has 0 saturated heterocycles. The Morgan fingerprint density at radius 3 is 2.92 bits per heavy atom. The second-order valence-corrected chi connectivity index (χ2v) is 5.44. The third-order valence-corrected chi connectivity index (χ3v) is 3.96. The molecule has 2 aromatic heterocycles. The van der Waals surface area contributed by atoms with Crippen LogP contribution in [0.25, 0.3) is 21.9 Å². The van der Waals surface area contributed by atoms with E-state index in [0.717, 1.165) is 23.0 Å². The van der Waals surface area contributed by atoms with Crippen LogP contribution in [-0.2, 0) is 6.54 Å². The van der Waals surface area contributed by atoms with Crippen molar-refractivity contribution in [3.8, 4) is 0 Å². The fourth-order valence-electron chi connectivity index (χ4n) is 2.75. The summed E-state index contributed by atoms with van der Waals surface area (Å²) in [7, 11) is 0. The number of hydrogen-bond donors (Lipinski definition) is 1.